The zero-order valence-electron chi connectivity index (χ0n) is 6.07. The minimum absolute atomic E-state index is 0.0440. The molecule has 0 saturated carbocycles. The molecule has 0 aromatic heterocycles. The van der Waals surface area contributed by atoms with Crippen molar-refractivity contribution in [3.8, 4) is 0 Å². The van der Waals surface area contributed by atoms with Gasteiger partial charge < -0.3 is 0 Å². The molecule has 0 aromatic rings. The van der Waals surface area contributed by atoms with Crippen LogP contribution in [0.5, 0.6) is 0 Å². The van der Waals surface area contributed by atoms with Gasteiger partial charge in [-0.2, -0.15) is 0 Å². The van der Waals surface area contributed by atoms with E-state index in [9.17, 15) is 9.59 Å². The fourth-order valence-corrected chi connectivity index (χ4v) is 1.05. The fraction of sp³-hybridized carbons (Fsp3) is 0. The Morgan fingerprint density at radius 3 is 2.67 bits per heavy atom. The molecule has 0 radical (unpaired) electrons. The Labute approximate surface area is 68.0 Å². The summed E-state index contributed by atoms with van der Waals surface area (Å²) in [5.41, 5.74) is 0.689. The number of rotatable bonds is 0. The molecule has 2 aliphatic rings. The van der Waals surface area contributed by atoms with E-state index in [0.29, 0.717) is 11.3 Å². The zero-order valence-corrected chi connectivity index (χ0v) is 6.07. The Kier molecular flexibility index (Phi) is 1.18. The van der Waals surface area contributed by atoms with Crippen LogP contribution in [-0.4, -0.2) is 11.7 Å². The third-order valence-electron chi connectivity index (χ3n) is 1.68. The zero-order chi connectivity index (χ0) is 8.72. The standard InChI is InChI=1S/C8H4N2O2/c1-4-2-3-5-6(7(4)11)8(12)10-9-5/h2-3H,1H2. The van der Waals surface area contributed by atoms with Crippen LogP contribution in [0.15, 0.2) is 45.8 Å². The van der Waals surface area contributed by atoms with Crippen molar-refractivity contribution in [3.63, 3.8) is 0 Å². The van der Waals surface area contributed by atoms with E-state index in [1.165, 1.54) is 6.08 Å². The van der Waals surface area contributed by atoms with Crippen molar-refractivity contribution in [1.29, 1.82) is 0 Å². The molecule has 4 heteroatoms. The molecular formula is C8H4N2O2. The number of amides is 1. The average Bonchev–Trinajstić information content (AvgIpc) is 2.41. The highest BCUT2D eigenvalue weighted by molar-refractivity contribution is 6.28. The lowest BCUT2D eigenvalue weighted by Gasteiger charge is -2.03. The summed E-state index contributed by atoms with van der Waals surface area (Å²) in [6, 6.07) is 0. The van der Waals surface area contributed by atoms with Crippen molar-refractivity contribution < 1.29 is 9.59 Å². The average molecular weight is 160 g/mol. The van der Waals surface area contributed by atoms with Gasteiger partial charge in [0.25, 0.3) is 0 Å². The Morgan fingerprint density at radius 1 is 1.17 bits per heavy atom. The molecule has 0 fully saturated rings. The Bertz CT molecular complexity index is 399. The molecular weight excluding hydrogens is 156 g/mol. The van der Waals surface area contributed by atoms with Crippen LogP contribution < -0.4 is 0 Å². The van der Waals surface area contributed by atoms with Crippen LogP contribution in [0.4, 0.5) is 0 Å². The lowest BCUT2D eigenvalue weighted by molar-refractivity contribution is -0.118. The van der Waals surface area contributed by atoms with Gasteiger partial charge in [-0.3, -0.25) is 9.59 Å². The number of Topliss-reactive ketones (excluding diaryl/α,β-unsaturated/α-hetero) is 1. The smallest absolute Gasteiger partial charge is 0.288 e. The van der Waals surface area contributed by atoms with Gasteiger partial charge in [-0.15, -0.1) is 10.2 Å². The summed E-state index contributed by atoms with van der Waals surface area (Å²) < 4.78 is 0. The molecule has 0 atom stereocenters. The maximum absolute atomic E-state index is 11.3. The van der Waals surface area contributed by atoms with Gasteiger partial charge in [-0.1, -0.05) is 6.58 Å². The van der Waals surface area contributed by atoms with Crippen LogP contribution >= 0.6 is 0 Å². The molecule has 4 nitrogen and oxygen atoms in total. The summed E-state index contributed by atoms with van der Waals surface area (Å²) >= 11 is 0. The highest BCUT2D eigenvalue weighted by atomic mass is 16.2. The molecule has 0 aromatic carbocycles. The minimum Gasteiger partial charge on any atom is -0.288 e. The van der Waals surface area contributed by atoms with E-state index in [-0.39, 0.29) is 11.4 Å². The maximum atomic E-state index is 11.3. The Balaban J connectivity index is 2.59. The van der Waals surface area contributed by atoms with Crippen molar-refractivity contribution in [2.24, 2.45) is 10.2 Å². The van der Waals surface area contributed by atoms with Crippen LogP contribution in [0.2, 0.25) is 0 Å². The van der Waals surface area contributed by atoms with E-state index in [4.69, 9.17) is 0 Å². The third kappa shape index (κ3) is 0.717. The number of hydrogen-bond acceptors (Lipinski definition) is 3. The lowest BCUT2D eigenvalue weighted by atomic mass is 9.98. The number of allylic oxidation sites excluding steroid dienone is 3. The normalized spacial score (nSPS) is 20.8. The van der Waals surface area contributed by atoms with Crippen LogP contribution in [0.1, 0.15) is 0 Å². The molecule has 58 valence electrons. The molecule has 2 rings (SSSR count). The van der Waals surface area contributed by atoms with E-state index in [0.717, 1.165) is 0 Å². The van der Waals surface area contributed by atoms with Gasteiger partial charge in [0.05, 0.1) is 0 Å². The maximum Gasteiger partial charge on any atom is 0.301 e. The lowest BCUT2D eigenvalue weighted by Crippen LogP contribution is -2.13. The first kappa shape index (κ1) is 6.84. The predicted octanol–water partition coefficient (Wildman–Crippen LogP) is 0.928. The van der Waals surface area contributed by atoms with Crippen LogP contribution in [0, 0.1) is 0 Å². The number of azo groups is 1. The van der Waals surface area contributed by atoms with Crippen LogP contribution in [0.3, 0.4) is 0 Å². The van der Waals surface area contributed by atoms with Crippen LogP contribution in [-0.2, 0) is 9.59 Å². The summed E-state index contributed by atoms with van der Waals surface area (Å²) in [5, 5.41) is 6.79. The van der Waals surface area contributed by atoms with Crippen molar-refractivity contribution in [2.75, 3.05) is 0 Å². The van der Waals surface area contributed by atoms with Gasteiger partial charge in [0.1, 0.15) is 11.3 Å². The molecule has 0 bridgehead atoms. The quantitative estimate of drug-likeness (QED) is 0.391. The van der Waals surface area contributed by atoms with Gasteiger partial charge in [0, 0.05) is 5.57 Å². The third-order valence-corrected chi connectivity index (χ3v) is 1.68. The highest BCUT2D eigenvalue weighted by Gasteiger charge is 2.29. The molecule has 0 spiro atoms. The summed E-state index contributed by atoms with van der Waals surface area (Å²) in [6.07, 6.45) is 3.09. The molecule has 0 N–H and O–H groups in total. The summed E-state index contributed by atoms with van der Waals surface area (Å²) in [4.78, 5) is 22.2. The van der Waals surface area contributed by atoms with Gasteiger partial charge in [-0.25, -0.2) is 0 Å². The van der Waals surface area contributed by atoms with Crippen molar-refractivity contribution in [2.45, 2.75) is 0 Å². The van der Waals surface area contributed by atoms with E-state index < -0.39 is 5.91 Å². The first-order chi connectivity index (χ1) is 5.70. The number of hydrogen-bond donors (Lipinski definition) is 0. The number of carbonyl (C=O) groups excluding carboxylic acids is 2. The van der Waals surface area contributed by atoms with E-state index in [1.807, 2.05) is 0 Å². The second kappa shape index (κ2) is 2.07. The van der Waals surface area contributed by atoms with E-state index in [1.54, 1.807) is 6.08 Å². The first-order valence-corrected chi connectivity index (χ1v) is 3.32. The second-order valence-electron chi connectivity index (χ2n) is 2.45. The van der Waals surface area contributed by atoms with Gasteiger partial charge in [-0.05, 0) is 12.2 Å². The SMILES string of the molecule is C=C1C=CC2=C(C(=O)N=N2)C1=O. The number of ketones is 1. The number of nitrogens with zero attached hydrogens (tertiary/aromatic N) is 2. The first-order valence-electron chi connectivity index (χ1n) is 3.32. The summed E-state index contributed by atoms with van der Waals surface area (Å²) in [7, 11) is 0. The van der Waals surface area contributed by atoms with Gasteiger partial charge >= 0.3 is 5.91 Å². The topological polar surface area (TPSA) is 58.9 Å². The predicted molar refractivity (Wildman–Crippen MR) is 40.2 cm³/mol. The van der Waals surface area contributed by atoms with Gasteiger partial charge in [0.2, 0.25) is 0 Å². The van der Waals surface area contributed by atoms with Gasteiger partial charge in [0.15, 0.2) is 5.78 Å². The Hall–Kier alpha value is -1.84. The molecule has 12 heavy (non-hydrogen) atoms. The summed E-state index contributed by atoms with van der Waals surface area (Å²) in [6.45, 7) is 3.48. The summed E-state index contributed by atoms with van der Waals surface area (Å²) in [5.74, 6) is -0.942. The molecule has 1 heterocycles. The monoisotopic (exact) mass is 160 g/mol. The number of carbonyl (C=O) groups is 2. The second-order valence-corrected chi connectivity index (χ2v) is 2.45. The molecule has 1 amide bonds. The fourth-order valence-electron chi connectivity index (χ4n) is 1.05. The van der Waals surface area contributed by atoms with Crippen molar-refractivity contribution >= 4 is 11.7 Å². The molecule has 1 aliphatic carbocycles. The Morgan fingerprint density at radius 2 is 1.92 bits per heavy atom. The van der Waals surface area contributed by atoms with E-state index in [2.05, 4.69) is 16.8 Å². The molecule has 0 saturated heterocycles. The minimum atomic E-state index is -0.569. The molecule has 0 unspecified atom stereocenters. The van der Waals surface area contributed by atoms with E-state index >= 15 is 0 Å². The molecule has 1 aliphatic heterocycles. The van der Waals surface area contributed by atoms with Crippen molar-refractivity contribution in [3.05, 3.63) is 35.6 Å². The van der Waals surface area contributed by atoms with Crippen LogP contribution in [0.25, 0.3) is 0 Å². The largest absolute Gasteiger partial charge is 0.301 e. The highest BCUT2D eigenvalue weighted by Crippen LogP contribution is 2.25. The van der Waals surface area contributed by atoms with Crippen molar-refractivity contribution in [1.82, 2.24) is 0 Å².